The highest BCUT2D eigenvalue weighted by Gasteiger charge is 2.40. The van der Waals surface area contributed by atoms with Crippen LogP contribution in [-0.4, -0.2) is 22.5 Å². The second-order valence-electron chi connectivity index (χ2n) is 6.30. The molecule has 19 heavy (non-hydrogen) atoms. The average molecular weight is 267 g/mol. The third kappa shape index (κ3) is 4.22. The Hall–Kier alpha value is -1.06. The number of hydrogen-bond acceptors (Lipinski definition) is 2. The monoisotopic (exact) mass is 267 g/mol. The normalized spacial score (nSPS) is 21.9. The van der Waals surface area contributed by atoms with Gasteiger partial charge in [-0.2, -0.15) is 0 Å². The van der Waals surface area contributed by atoms with Crippen LogP contribution in [0.15, 0.2) is 0 Å². The van der Waals surface area contributed by atoms with Crippen molar-refractivity contribution in [2.75, 3.05) is 0 Å². The summed E-state index contributed by atoms with van der Waals surface area (Å²) < 4.78 is 0. The summed E-state index contributed by atoms with van der Waals surface area (Å²) in [5.74, 6) is 0.0504. The predicted octanol–water partition coefficient (Wildman–Crippen LogP) is 2.86. The number of carbonyl (C=O) groups excluding carboxylic acids is 1. The number of carboxylic acids is 1. The highest BCUT2D eigenvalue weighted by Crippen LogP contribution is 2.35. The highest BCUT2D eigenvalue weighted by molar-refractivity contribution is 5.78. The number of nitrogens with one attached hydrogen (secondary N) is 1. The number of carboxylic acid groups (broad SMARTS) is 1. The molecule has 2 N–H and O–H groups in total. The summed E-state index contributed by atoms with van der Waals surface area (Å²) in [5, 5.41) is 11.9. The fourth-order valence-corrected chi connectivity index (χ4v) is 3.45. The molecule has 2 saturated carbocycles. The molecule has 0 aromatic carbocycles. The summed E-state index contributed by atoms with van der Waals surface area (Å²) >= 11 is 0. The summed E-state index contributed by atoms with van der Waals surface area (Å²) in [7, 11) is 0. The molecule has 0 saturated heterocycles. The number of rotatable bonds is 7. The zero-order valence-electron chi connectivity index (χ0n) is 11.6. The van der Waals surface area contributed by atoms with Gasteiger partial charge in [-0.05, 0) is 38.0 Å². The van der Waals surface area contributed by atoms with Crippen LogP contribution in [0.1, 0.15) is 70.6 Å². The van der Waals surface area contributed by atoms with E-state index in [-0.39, 0.29) is 12.3 Å². The molecule has 108 valence electrons. The van der Waals surface area contributed by atoms with Gasteiger partial charge in [-0.3, -0.25) is 9.59 Å². The van der Waals surface area contributed by atoms with Crippen molar-refractivity contribution >= 4 is 11.9 Å². The van der Waals surface area contributed by atoms with Crippen LogP contribution < -0.4 is 5.32 Å². The molecule has 0 aromatic heterocycles. The van der Waals surface area contributed by atoms with Crippen molar-refractivity contribution in [3.8, 4) is 0 Å². The lowest BCUT2D eigenvalue weighted by Crippen LogP contribution is -2.54. The SMILES string of the molecule is O=C(O)CC1(NC(=O)CCCC2CCCC2)CCC1. The van der Waals surface area contributed by atoms with Gasteiger partial charge in [0.25, 0.3) is 0 Å². The lowest BCUT2D eigenvalue weighted by Gasteiger charge is -2.41. The van der Waals surface area contributed by atoms with Crippen LogP contribution in [-0.2, 0) is 9.59 Å². The maximum absolute atomic E-state index is 11.9. The van der Waals surface area contributed by atoms with Crippen molar-refractivity contribution < 1.29 is 14.7 Å². The molecule has 0 aromatic rings. The molecule has 2 aliphatic carbocycles. The summed E-state index contributed by atoms with van der Waals surface area (Å²) in [5.41, 5.74) is -0.434. The number of hydrogen-bond donors (Lipinski definition) is 2. The Labute approximate surface area is 115 Å². The molecular weight excluding hydrogens is 242 g/mol. The summed E-state index contributed by atoms with van der Waals surface area (Å²) in [6, 6.07) is 0. The Balaban J connectivity index is 1.66. The van der Waals surface area contributed by atoms with Crippen molar-refractivity contribution in [3.63, 3.8) is 0 Å². The largest absolute Gasteiger partial charge is 0.481 e. The average Bonchev–Trinajstić information content (AvgIpc) is 2.78. The van der Waals surface area contributed by atoms with E-state index in [1.54, 1.807) is 0 Å². The standard InChI is InChI=1S/C15H25NO3/c17-13(8-3-7-12-5-1-2-6-12)16-15(9-4-10-15)11-14(18)19/h12H,1-11H2,(H,16,17)(H,18,19). The number of carbonyl (C=O) groups is 2. The lowest BCUT2D eigenvalue weighted by molar-refractivity contribution is -0.140. The Morgan fingerprint density at radius 1 is 1.16 bits per heavy atom. The molecule has 0 aliphatic heterocycles. The second-order valence-corrected chi connectivity index (χ2v) is 6.30. The van der Waals surface area contributed by atoms with Crippen LogP contribution in [0.4, 0.5) is 0 Å². The zero-order valence-corrected chi connectivity index (χ0v) is 11.6. The van der Waals surface area contributed by atoms with Gasteiger partial charge in [-0.1, -0.05) is 25.7 Å². The molecule has 4 heteroatoms. The number of aliphatic carboxylic acids is 1. The molecule has 2 rings (SSSR count). The fraction of sp³-hybridized carbons (Fsp3) is 0.867. The first-order chi connectivity index (χ1) is 9.10. The molecule has 0 atom stereocenters. The molecular formula is C15H25NO3. The van der Waals surface area contributed by atoms with E-state index in [1.807, 2.05) is 0 Å². The molecule has 0 radical (unpaired) electrons. The summed E-state index contributed by atoms with van der Waals surface area (Å²) in [6.45, 7) is 0. The fourth-order valence-electron chi connectivity index (χ4n) is 3.45. The first kappa shape index (κ1) is 14.4. The van der Waals surface area contributed by atoms with Gasteiger partial charge in [0.15, 0.2) is 0 Å². The van der Waals surface area contributed by atoms with Crippen LogP contribution in [0.5, 0.6) is 0 Å². The summed E-state index contributed by atoms with van der Waals surface area (Å²) in [6.07, 6.45) is 10.7. The van der Waals surface area contributed by atoms with Gasteiger partial charge in [-0.15, -0.1) is 0 Å². The second kappa shape index (κ2) is 6.40. The quantitative estimate of drug-likeness (QED) is 0.745. The van der Waals surface area contributed by atoms with E-state index in [0.717, 1.165) is 38.0 Å². The molecule has 0 heterocycles. The minimum Gasteiger partial charge on any atom is -0.481 e. The molecule has 4 nitrogen and oxygen atoms in total. The minimum atomic E-state index is -0.814. The van der Waals surface area contributed by atoms with Gasteiger partial charge in [0, 0.05) is 6.42 Å². The van der Waals surface area contributed by atoms with Crippen molar-refractivity contribution in [1.29, 1.82) is 0 Å². The molecule has 1 amide bonds. The van der Waals surface area contributed by atoms with E-state index in [1.165, 1.54) is 25.7 Å². The van der Waals surface area contributed by atoms with E-state index in [9.17, 15) is 9.59 Å². The molecule has 0 spiro atoms. The molecule has 0 bridgehead atoms. The maximum atomic E-state index is 11.9. The lowest BCUT2D eigenvalue weighted by atomic mass is 9.74. The topological polar surface area (TPSA) is 66.4 Å². The van der Waals surface area contributed by atoms with Crippen molar-refractivity contribution in [3.05, 3.63) is 0 Å². The first-order valence-corrected chi connectivity index (χ1v) is 7.62. The van der Waals surface area contributed by atoms with E-state index < -0.39 is 11.5 Å². The molecule has 0 unspecified atom stereocenters. The van der Waals surface area contributed by atoms with Crippen LogP contribution in [0, 0.1) is 5.92 Å². The van der Waals surface area contributed by atoms with Gasteiger partial charge in [0.2, 0.25) is 5.91 Å². The van der Waals surface area contributed by atoms with E-state index in [4.69, 9.17) is 5.11 Å². The predicted molar refractivity (Wildman–Crippen MR) is 72.8 cm³/mol. The highest BCUT2D eigenvalue weighted by atomic mass is 16.4. The summed E-state index contributed by atoms with van der Waals surface area (Å²) in [4.78, 5) is 22.7. The van der Waals surface area contributed by atoms with Crippen LogP contribution in [0.2, 0.25) is 0 Å². The third-order valence-electron chi connectivity index (χ3n) is 4.70. The van der Waals surface area contributed by atoms with Crippen LogP contribution >= 0.6 is 0 Å². The third-order valence-corrected chi connectivity index (χ3v) is 4.70. The van der Waals surface area contributed by atoms with Crippen LogP contribution in [0.3, 0.4) is 0 Å². The van der Waals surface area contributed by atoms with Crippen molar-refractivity contribution in [2.45, 2.75) is 76.2 Å². The van der Waals surface area contributed by atoms with E-state index >= 15 is 0 Å². The molecule has 2 aliphatic rings. The van der Waals surface area contributed by atoms with E-state index in [2.05, 4.69) is 5.32 Å². The van der Waals surface area contributed by atoms with Gasteiger partial charge < -0.3 is 10.4 Å². The maximum Gasteiger partial charge on any atom is 0.305 e. The molecule has 2 fully saturated rings. The Morgan fingerprint density at radius 3 is 2.37 bits per heavy atom. The minimum absolute atomic E-state index is 0.0407. The first-order valence-electron chi connectivity index (χ1n) is 7.62. The Bertz CT molecular complexity index is 330. The van der Waals surface area contributed by atoms with E-state index in [0.29, 0.717) is 6.42 Å². The van der Waals surface area contributed by atoms with Crippen molar-refractivity contribution in [1.82, 2.24) is 5.32 Å². The Morgan fingerprint density at radius 2 is 1.84 bits per heavy atom. The number of amides is 1. The zero-order chi connectivity index (χ0) is 13.7. The van der Waals surface area contributed by atoms with Gasteiger partial charge in [-0.25, -0.2) is 0 Å². The van der Waals surface area contributed by atoms with Gasteiger partial charge in [0.05, 0.1) is 12.0 Å². The Kier molecular flexibility index (Phi) is 4.83. The van der Waals surface area contributed by atoms with Crippen molar-refractivity contribution in [2.24, 2.45) is 5.92 Å². The van der Waals surface area contributed by atoms with Gasteiger partial charge in [0.1, 0.15) is 0 Å². The van der Waals surface area contributed by atoms with Gasteiger partial charge >= 0.3 is 5.97 Å². The smallest absolute Gasteiger partial charge is 0.305 e. The van der Waals surface area contributed by atoms with Crippen LogP contribution in [0.25, 0.3) is 0 Å².